The average molecular weight is 377 g/mol. The van der Waals surface area contributed by atoms with Gasteiger partial charge in [-0.3, -0.25) is 9.67 Å². The minimum atomic E-state index is -0.0524. The van der Waals surface area contributed by atoms with E-state index in [0.29, 0.717) is 31.5 Å². The number of hydrogen-bond donors (Lipinski definition) is 2. The number of hydrogen-bond acceptors (Lipinski definition) is 5. The first kappa shape index (κ1) is 21.0. The van der Waals surface area contributed by atoms with Crippen molar-refractivity contribution in [1.82, 2.24) is 25.4 Å². The lowest BCUT2D eigenvalue weighted by atomic mass is 9.94. The molecule has 0 saturated carbocycles. The molecule has 0 aliphatic rings. The molecule has 0 unspecified atom stereocenters. The summed E-state index contributed by atoms with van der Waals surface area (Å²) in [6.07, 6.45) is 1.79. The summed E-state index contributed by atoms with van der Waals surface area (Å²) in [5.74, 6) is 2.20. The molecule has 2 aromatic rings. The smallest absolute Gasteiger partial charge is 0.213 e. The molecular weight excluding hydrogens is 344 g/mol. The van der Waals surface area contributed by atoms with E-state index < -0.39 is 0 Å². The van der Waals surface area contributed by atoms with Gasteiger partial charge in [0.25, 0.3) is 0 Å². The zero-order valence-electron chi connectivity index (χ0n) is 17.5. The molecule has 2 aromatic heterocycles. The molecule has 0 radical (unpaired) electrons. The number of oxazole rings is 1. The zero-order chi connectivity index (χ0) is 20.0. The Morgan fingerprint density at radius 1 is 1.26 bits per heavy atom. The summed E-state index contributed by atoms with van der Waals surface area (Å²) in [6, 6.07) is 0. The second kappa shape index (κ2) is 9.03. The molecule has 0 spiro atoms. The lowest BCUT2D eigenvalue weighted by Crippen LogP contribution is -2.36. The van der Waals surface area contributed by atoms with E-state index in [4.69, 9.17) is 9.15 Å². The molecule has 0 aliphatic carbocycles. The van der Waals surface area contributed by atoms with Crippen molar-refractivity contribution in [3.05, 3.63) is 34.8 Å². The van der Waals surface area contributed by atoms with E-state index in [1.54, 1.807) is 20.4 Å². The van der Waals surface area contributed by atoms with Gasteiger partial charge in [-0.25, -0.2) is 4.98 Å². The number of aliphatic imine (C=N–C) groups is 1. The van der Waals surface area contributed by atoms with Gasteiger partial charge in [-0.05, 0) is 13.8 Å². The highest BCUT2D eigenvalue weighted by molar-refractivity contribution is 5.79. The number of nitrogens with zero attached hydrogens (tertiary/aromatic N) is 4. The maximum atomic E-state index is 5.80. The van der Waals surface area contributed by atoms with Crippen LogP contribution in [0.3, 0.4) is 0 Å². The molecule has 150 valence electrons. The van der Waals surface area contributed by atoms with Crippen molar-refractivity contribution in [1.29, 1.82) is 0 Å². The number of ether oxygens (including phenoxy) is 1. The molecule has 0 fully saturated rings. The van der Waals surface area contributed by atoms with Gasteiger partial charge in [0.05, 0.1) is 31.6 Å². The van der Waals surface area contributed by atoms with Crippen molar-refractivity contribution in [3.63, 3.8) is 0 Å². The number of guanidine groups is 1. The Morgan fingerprint density at radius 3 is 2.56 bits per heavy atom. The van der Waals surface area contributed by atoms with E-state index >= 15 is 0 Å². The molecular formula is C19H32N6O2. The fourth-order valence-electron chi connectivity index (χ4n) is 2.68. The maximum absolute atomic E-state index is 5.80. The summed E-state index contributed by atoms with van der Waals surface area (Å²) in [6.45, 7) is 12.9. The van der Waals surface area contributed by atoms with E-state index in [2.05, 4.69) is 53.4 Å². The van der Waals surface area contributed by atoms with E-state index in [-0.39, 0.29) is 5.41 Å². The Balaban J connectivity index is 1.93. The molecule has 27 heavy (non-hydrogen) atoms. The van der Waals surface area contributed by atoms with Crippen LogP contribution in [0, 0.1) is 13.8 Å². The van der Waals surface area contributed by atoms with Gasteiger partial charge in [0.2, 0.25) is 5.89 Å². The topological polar surface area (TPSA) is 89.5 Å². The highest BCUT2D eigenvalue weighted by Gasteiger charge is 2.19. The lowest BCUT2D eigenvalue weighted by molar-refractivity contribution is 0.182. The van der Waals surface area contributed by atoms with Crippen LogP contribution in [0.2, 0.25) is 0 Å². The fraction of sp³-hybridized carbons (Fsp3) is 0.632. The van der Waals surface area contributed by atoms with E-state index in [1.807, 2.05) is 11.6 Å². The van der Waals surface area contributed by atoms with Crippen molar-refractivity contribution < 1.29 is 9.15 Å². The van der Waals surface area contributed by atoms with Crippen LogP contribution in [0.25, 0.3) is 0 Å². The second-order valence-electron chi connectivity index (χ2n) is 7.51. The van der Waals surface area contributed by atoms with E-state index in [1.165, 1.54) is 5.56 Å². The Bertz CT molecular complexity index is 770. The first-order chi connectivity index (χ1) is 12.8. The molecule has 2 heterocycles. The maximum Gasteiger partial charge on any atom is 0.213 e. The van der Waals surface area contributed by atoms with Crippen LogP contribution in [0.4, 0.5) is 0 Å². The van der Waals surface area contributed by atoms with Crippen LogP contribution >= 0.6 is 0 Å². The van der Waals surface area contributed by atoms with Gasteiger partial charge in [0.15, 0.2) is 5.96 Å². The van der Waals surface area contributed by atoms with E-state index in [0.717, 1.165) is 23.7 Å². The summed E-state index contributed by atoms with van der Waals surface area (Å²) in [7, 11) is 3.44. The fourth-order valence-corrected chi connectivity index (χ4v) is 2.68. The summed E-state index contributed by atoms with van der Waals surface area (Å²) >= 11 is 0. The van der Waals surface area contributed by atoms with Crippen molar-refractivity contribution in [2.45, 2.75) is 59.7 Å². The predicted octanol–water partition coefficient (Wildman–Crippen LogP) is 2.30. The second-order valence-corrected chi connectivity index (χ2v) is 7.51. The molecule has 0 amide bonds. The molecule has 0 bridgehead atoms. The predicted molar refractivity (Wildman–Crippen MR) is 106 cm³/mol. The number of aryl methyl sites for hydroxylation is 1. The average Bonchev–Trinajstić information content (AvgIpc) is 3.19. The number of nitrogens with one attached hydrogen (secondary N) is 2. The summed E-state index contributed by atoms with van der Waals surface area (Å²) in [5, 5.41) is 11.1. The third kappa shape index (κ3) is 5.56. The minimum absolute atomic E-state index is 0.0524. The Labute approximate surface area is 161 Å². The van der Waals surface area contributed by atoms with Crippen molar-refractivity contribution >= 4 is 5.96 Å². The standard InChI is InChI=1S/C19H32N6O2/c1-13-15(14(2)25(24-13)8-9-26-7)10-22-18(20-6)23-12-17-21-11-16(27-17)19(3,4)5/h11H,8-10,12H2,1-7H3,(H2,20,22,23). The van der Waals surface area contributed by atoms with Crippen LogP contribution < -0.4 is 10.6 Å². The van der Waals surface area contributed by atoms with Crippen molar-refractivity contribution in [3.8, 4) is 0 Å². The number of methoxy groups -OCH3 is 1. The van der Waals surface area contributed by atoms with Crippen LogP contribution in [0.1, 0.15) is 49.4 Å². The van der Waals surface area contributed by atoms with Gasteiger partial charge < -0.3 is 19.8 Å². The van der Waals surface area contributed by atoms with Crippen LogP contribution in [0.5, 0.6) is 0 Å². The van der Waals surface area contributed by atoms with Crippen LogP contribution in [-0.2, 0) is 29.8 Å². The van der Waals surface area contributed by atoms with Crippen LogP contribution in [-0.4, -0.2) is 41.5 Å². The normalized spacial score (nSPS) is 12.5. The van der Waals surface area contributed by atoms with Gasteiger partial charge in [-0.2, -0.15) is 5.10 Å². The number of rotatable bonds is 7. The summed E-state index contributed by atoms with van der Waals surface area (Å²) < 4.78 is 12.9. The Hall–Kier alpha value is -2.35. The van der Waals surface area contributed by atoms with Crippen molar-refractivity contribution in [2.75, 3.05) is 20.8 Å². The highest BCUT2D eigenvalue weighted by atomic mass is 16.5. The van der Waals surface area contributed by atoms with E-state index in [9.17, 15) is 0 Å². The molecule has 2 rings (SSSR count). The lowest BCUT2D eigenvalue weighted by Gasteiger charge is -2.13. The molecule has 0 atom stereocenters. The van der Waals surface area contributed by atoms with Crippen molar-refractivity contribution in [2.24, 2.45) is 4.99 Å². The monoisotopic (exact) mass is 376 g/mol. The number of aromatic nitrogens is 3. The first-order valence-corrected chi connectivity index (χ1v) is 9.17. The summed E-state index contributed by atoms with van der Waals surface area (Å²) in [4.78, 5) is 8.60. The molecule has 0 saturated heterocycles. The van der Waals surface area contributed by atoms with Gasteiger partial charge in [-0.1, -0.05) is 20.8 Å². The van der Waals surface area contributed by atoms with Gasteiger partial charge in [0, 0.05) is 37.4 Å². The zero-order valence-corrected chi connectivity index (χ0v) is 17.5. The highest BCUT2D eigenvalue weighted by Crippen LogP contribution is 2.22. The molecule has 0 aromatic carbocycles. The third-order valence-corrected chi connectivity index (χ3v) is 4.39. The summed E-state index contributed by atoms with van der Waals surface area (Å²) in [5.41, 5.74) is 3.26. The molecule has 0 aliphatic heterocycles. The van der Waals surface area contributed by atoms with Crippen LogP contribution in [0.15, 0.2) is 15.6 Å². The quantitative estimate of drug-likeness (QED) is 0.569. The molecule has 2 N–H and O–H groups in total. The van der Waals surface area contributed by atoms with Gasteiger partial charge in [0.1, 0.15) is 5.76 Å². The minimum Gasteiger partial charge on any atom is -0.443 e. The third-order valence-electron chi connectivity index (χ3n) is 4.39. The Kier molecular flexibility index (Phi) is 7.01. The first-order valence-electron chi connectivity index (χ1n) is 9.17. The van der Waals surface area contributed by atoms with Gasteiger partial charge in [-0.15, -0.1) is 0 Å². The largest absolute Gasteiger partial charge is 0.443 e. The SMILES string of the molecule is CN=C(NCc1ncc(C(C)(C)C)o1)NCc1c(C)nn(CCOC)c1C. The Morgan fingerprint density at radius 2 is 1.96 bits per heavy atom. The van der Waals surface area contributed by atoms with Gasteiger partial charge >= 0.3 is 0 Å². The molecule has 8 nitrogen and oxygen atoms in total. The molecule has 8 heteroatoms.